The molecule has 0 bridgehead atoms. The van der Waals surface area contributed by atoms with E-state index in [0.717, 1.165) is 39.0 Å². The van der Waals surface area contributed by atoms with Gasteiger partial charge in [-0.2, -0.15) is 10.5 Å². The lowest BCUT2D eigenvalue weighted by Crippen LogP contribution is -2.10. The van der Waals surface area contributed by atoms with Gasteiger partial charge in [-0.1, -0.05) is 66.7 Å². The molecule has 5 aromatic rings. The molecule has 154 valence electrons. The molecule has 0 atom stereocenters. The molecule has 5 rings (SSSR count). The van der Waals surface area contributed by atoms with Crippen molar-refractivity contribution in [1.29, 1.82) is 10.5 Å². The summed E-state index contributed by atoms with van der Waals surface area (Å²) in [7, 11) is 0. The second-order valence-corrected chi connectivity index (χ2v) is 7.70. The van der Waals surface area contributed by atoms with Gasteiger partial charge in [-0.25, -0.2) is 0 Å². The van der Waals surface area contributed by atoms with Gasteiger partial charge in [0.1, 0.15) is 0 Å². The average Bonchev–Trinajstić information content (AvgIpc) is 2.90. The highest BCUT2D eigenvalue weighted by molar-refractivity contribution is 6.01. The summed E-state index contributed by atoms with van der Waals surface area (Å²) in [6.45, 7) is 0. The molecule has 0 saturated carbocycles. The Balaban J connectivity index is 1.64. The predicted octanol–water partition coefficient (Wildman–Crippen LogP) is 7.72. The number of hydrogen-bond donors (Lipinski definition) is 0. The quantitative estimate of drug-likeness (QED) is 0.298. The number of benzene rings is 5. The molecule has 3 heteroatoms. The summed E-state index contributed by atoms with van der Waals surface area (Å²) in [4.78, 5) is 2.21. The minimum Gasteiger partial charge on any atom is -0.310 e. The Morgan fingerprint density at radius 3 is 1.70 bits per heavy atom. The van der Waals surface area contributed by atoms with E-state index < -0.39 is 0 Å². The van der Waals surface area contributed by atoms with Crippen molar-refractivity contribution >= 4 is 27.8 Å². The third-order valence-electron chi connectivity index (χ3n) is 5.75. The third kappa shape index (κ3) is 3.81. The zero-order valence-corrected chi connectivity index (χ0v) is 17.8. The topological polar surface area (TPSA) is 50.8 Å². The van der Waals surface area contributed by atoms with Gasteiger partial charge in [-0.3, -0.25) is 0 Å². The molecule has 0 saturated heterocycles. The molecule has 3 nitrogen and oxygen atoms in total. The van der Waals surface area contributed by atoms with Gasteiger partial charge in [0.2, 0.25) is 0 Å². The van der Waals surface area contributed by atoms with Crippen molar-refractivity contribution in [1.82, 2.24) is 0 Å². The van der Waals surface area contributed by atoms with Crippen LogP contribution in [0.1, 0.15) is 11.1 Å². The number of fused-ring (bicyclic) bond motifs is 1. The monoisotopic (exact) mass is 421 g/mol. The third-order valence-corrected chi connectivity index (χ3v) is 5.75. The second-order valence-electron chi connectivity index (χ2n) is 7.70. The van der Waals surface area contributed by atoms with Gasteiger partial charge in [0.15, 0.2) is 0 Å². The van der Waals surface area contributed by atoms with Gasteiger partial charge in [0, 0.05) is 22.1 Å². The summed E-state index contributed by atoms with van der Waals surface area (Å²) in [6, 6.07) is 42.6. The van der Waals surface area contributed by atoms with Crippen LogP contribution in [0.3, 0.4) is 0 Å². The highest BCUT2D eigenvalue weighted by Crippen LogP contribution is 2.40. The number of anilines is 3. The normalized spacial score (nSPS) is 10.4. The van der Waals surface area contributed by atoms with Crippen molar-refractivity contribution in [3.8, 4) is 23.3 Å². The molecule has 0 N–H and O–H groups in total. The van der Waals surface area contributed by atoms with E-state index in [1.807, 2.05) is 72.8 Å². The molecule has 0 unspecified atom stereocenters. The van der Waals surface area contributed by atoms with Crippen molar-refractivity contribution in [2.75, 3.05) is 4.90 Å². The van der Waals surface area contributed by atoms with Gasteiger partial charge in [0.05, 0.1) is 29.0 Å². The van der Waals surface area contributed by atoms with Gasteiger partial charge in [0.25, 0.3) is 0 Å². The molecule has 0 radical (unpaired) electrons. The van der Waals surface area contributed by atoms with E-state index in [2.05, 4.69) is 59.5 Å². The van der Waals surface area contributed by atoms with Gasteiger partial charge >= 0.3 is 0 Å². The van der Waals surface area contributed by atoms with Gasteiger partial charge in [-0.15, -0.1) is 0 Å². The molecule has 0 fully saturated rings. The van der Waals surface area contributed by atoms with Crippen molar-refractivity contribution in [2.45, 2.75) is 0 Å². The lowest BCUT2D eigenvalue weighted by atomic mass is 10.0. The van der Waals surface area contributed by atoms with Crippen molar-refractivity contribution < 1.29 is 0 Å². The number of nitrogens with zero attached hydrogens (tertiary/aromatic N) is 3. The molecular formula is C30H19N3. The number of nitriles is 2. The molecule has 0 aliphatic rings. The molecule has 0 aliphatic heterocycles. The van der Waals surface area contributed by atoms with E-state index in [0.29, 0.717) is 11.1 Å². The second kappa shape index (κ2) is 8.71. The minimum atomic E-state index is 0.651. The van der Waals surface area contributed by atoms with E-state index in [9.17, 15) is 5.26 Å². The maximum atomic E-state index is 9.59. The Bertz CT molecular complexity index is 1500. The van der Waals surface area contributed by atoms with Crippen LogP contribution in [0.15, 0.2) is 115 Å². The number of hydrogen-bond acceptors (Lipinski definition) is 3. The van der Waals surface area contributed by atoms with Crippen LogP contribution in [0.25, 0.3) is 21.9 Å². The smallest absolute Gasteiger partial charge is 0.0998 e. The molecular weight excluding hydrogens is 402 g/mol. The van der Waals surface area contributed by atoms with Crippen LogP contribution >= 0.6 is 0 Å². The lowest BCUT2D eigenvalue weighted by Gasteiger charge is -2.27. The summed E-state index contributed by atoms with van der Waals surface area (Å²) in [6.07, 6.45) is 0. The van der Waals surface area contributed by atoms with Crippen LogP contribution in [-0.2, 0) is 0 Å². The fraction of sp³-hybridized carbons (Fsp3) is 0. The standard InChI is InChI=1S/C30H19N3/c31-20-22-10-12-23(13-11-22)24-14-17-27(18-15-24)33(26-6-2-1-3-7-26)30-19-16-25(21-32)28-8-4-5-9-29(28)30/h1-19H. The van der Waals surface area contributed by atoms with E-state index in [4.69, 9.17) is 5.26 Å². The molecule has 5 aromatic carbocycles. The molecule has 0 aliphatic carbocycles. The summed E-state index contributed by atoms with van der Waals surface area (Å²) < 4.78 is 0. The number of rotatable bonds is 4. The fourth-order valence-corrected chi connectivity index (χ4v) is 4.12. The van der Waals surface area contributed by atoms with E-state index >= 15 is 0 Å². The van der Waals surface area contributed by atoms with E-state index in [1.54, 1.807) is 0 Å². The average molecular weight is 422 g/mol. The highest BCUT2D eigenvalue weighted by atomic mass is 15.1. The zero-order chi connectivity index (χ0) is 22.6. The van der Waals surface area contributed by atoms with Crippen molar-refractivity contribution in [3.05, 3.63) is 126 Å². The van der Waals surface area contributed by atoms with Gasteiger partial charge < -0.3 is 4.90 Å². The van der Waals surface area contributed by atoms with Crippen molar-refractivity contribution in [2.24, 2.45) is 0 Å². The highest BCUT2D eigenvalue weighted by Gasteiger charge is 2.16. The summed E-state index contributed by atoms with van der Waals surface area (Å²) in [5, 5.41) is 20.6. The maximum Gasteiger partial charge on any atom is 0.0998 e. The lowest BCUT2D eigenvalue weighted by molar-refractivity contribution is 1.30. The minimum absolute atomic E-state index is 0.651. The van der Waals surface area contributed by atoms with Crippen LogP contribution in [-0.4, -0.2) is 0 Å². The molecule has 0 amide bonds. The first-order valence-corrected chi connectivity index (χ1v) is 10.7. The Labute approximate surface area is 193 Å². The van der Waals surface area contributed by atoms with Crippen LogP contribution in [0.2, 0.25) is 0 Å². The van der Waals surface area contributed by atoms with Gasteiger partial charge in [-0.05, 0) is 59.7 Å². The Morgan fingerprint density at radius 1 is 0.485 bits per heavy atom. The first-order valence-electron chi connectivity index (χ1n) is 10.7. The molecule has 0 spiro atoms. The van der Waals surface area contributed by atoms with Crippen LogP contribution < -0.4 is 4.90 Å². The summed E-state index contributed by atoms with van der Waals surface area (Å²) in [5.74, 6) is 0. The maximum absolute atomic E-state index is 9.59. The Morgan fingerprint density at radius 2 is 1.06 bits per heavy atom. The Kier molecular flexibility index (Phi) is 5.30. The molecule has 0 heterocycles. The SMILES string of the molecule is N#Cc1ccc(-c2ccc(N(c3ccccc3)c3ccc(C#N)c4ccccc34)cc2)cc1. The fourth-order valence-electron chi connectivity index (χ4n) is 4.12. The molecule has 0 aromatic heterocycles. The predicted molar refractivity (Wildman–Crippen MR) is 133 cm³/mol. The molecule has 33 heavy (non-hydrogen) atoms. The Hall–Kier alpha value is -4.86. The first kappa shape index (κ1) is 20.1. The van der Waals surface area contributed by atoms with E-state index in [1.165, 1.54) is 0 Å². The summed E-state index contributed by atoms with van der Waals surface area (Å²) in [5.41, 5.74) is 6.54. The number of para-hydroxylation sites is 1. The largest absolute Gasteiger partial charge is 0.310 e. The van der Waals surface area contributed by atoms with Crippen LogP contribution in [0, 0.1) is 22.7 Å². The summed E-state index contributed by atoms with van der Waals surface area (Å²) >= 11 is 0. The van der Waals surface area contributed by atoms with E-state index in [-0.39, 0.29) is 0 Å². The van der Waals surface area contributed by atoms with Crippen LogP contribution in [0.5, 0.6) is 0 Å². The zero-order valence-electron chi connectivity index (χ0n) is 17.8. The van der Waals surface area contributed by atoms with Crippen LogP contribution in [0.4, 0.5) is 17.1 Å². The first-order chi connectivity index (χ1) is 16.3. The van der Waals surface area contributed by atoms with Crippen molar-refractivity contribution in [3.63, 3.8) is 0 Å².